The van der Waals surface area contributed by atoms with E-state index >= 15 is 0 Å². The fourth-order valence-corrected chi connectivity index (χ4v) is 2.85. The lowest BCUT2D eigenvalue weighted by atomic mass is 10.2. The minimum atomic E-state index is -0.611. The van der Waals surface area contributed by atoms with Crippen molar-refractivity contribution in [2.24, 2.45) is 0 Å². The molecule has 1 fully saturated rings. The summed E-state index contributed by atoms with van der Waals surface area (Å²) in [7, 11) is 1.24. The highest BCUT2D eigenvalue weighted by atomic mass is 35.5. The van der Waals surface area contributed by atoms with Crippen LogP contribution in [-0.2, 0) is 20.9 Å². The van der Waals surface area contributed by atoms with E-state index in [0.29, 0.717) is 29.4 Å². The Balaban J connectivity index is 1.69. The SMILES string of the molecule is COC(=O)c1ccc(COC(=O)c2ccc(Cl)c(N3CCCC3=O)c2)o1. The Hall–Kier alpha value is -2.80. The highest BCUT2D eigenvalue weighted by Gasteiger charge is 2.24. The molecule has 0 unspecified atom stereocenters. The average Bonchev–Trinajstić information content (AvgIpc) is 3.28. The zero-order chi connectivity index (χ0) is 18.7. The smallest absolute Gasteiger partial charge is 0.373 e. The van der Waals surface area contributed by atoms with Gasteiger partial charge in [-0.1, -0.05) is 11.6 Å². The maximum absolute atomic E-state index is 12.3. The van der Waals surface area contributed by atoms with Crippen molar-refractivity contribution in [1.82, 2.24) is 0 Å². The summed E-state index contributed by atoms with van der Waals surface area (Å²) in [5.74, 6) is -0.892. The second kappa shape index (κ2) is 7.61. The van der Waals surface area contributed by atoms with Crippen LogP contribution in [0.4, 0.5) is 5.69 Å². The number of halogens is 1. The third-order valence-corrected chi connectivity index (χ3v) is 4.26. The maximum atomic E-state index is 12.3. The molecule has 0 bridgehead atoms. The number of carbonyl (C=O) groups is 3. The molecule has 0 aliphatic carbocycles. The first kappa shape index (κ1) is 18.0. The van der Waals surface area contributed by atoms with Crippen LogP contribution in [-0.4, -0.2) is 31.5 Å². The molecule has 1 saturated heterocycles. The van der Waals surface area contributed by atoms with Gasteiger partial charge in [-0.05, 0) is 36.8 Å². The Morgan fingerprint density at radius 3 is 2.73 bits per heavy atom. The Morgan fingerprint density at radius 1 is 1.23 bits per heavy atom. The maximum Gasteiger partial charge on any atom is 0.373 e. The fourth-order valence-electron chi connectivity index (χ4n) is 2.64. The molecule has 0 saturated carbocycles. The predicted octanol–water partition coefficient (Wildman–Crippen LogP) is 3.20. The summed E-state index contributed by atoms with van der Waals surface area (Å²) in [6, 6.07) is 7.58. The molecular weight excluding hydrogens is 362 g/mol. The minimum absolute atomic E-state index is 0.0247. The number of rotatable bonds is 5. The number of carbonyl (C=O) groups excluding carboxylic acids is 3. The number of furan rings is 1. The van der Waals surface area contributed by atoms with Crippen LogP contribution in [0.2, 0.25) is 5.02 Å². The first-order chi connectivity index (χ1) is 12.5. The first-order valence-corrected chi connectivity index (χ1v) is 8.31. The highest BCUT2D eigenvalue weighted by molar-refractivity contribution is 6.34. The average molecular weight is 378 g/mol. The van der Waals surface area contributed by atoms with E-state index in [1.807, 2.05) is 0 Å². The molecule has 0 atom stereocenters. The standard InChI is InChI=1S/C18H16ClNO6/c1-24-18(23)15-7-5-12(26-15)10-25-17(22)11-4-6-13(19)14(9-11)20-8-2-3-16(20)21/h4-7,9H,2-3,8,10H2,1H3. The van der Waals surface area contributed by atoms with E-state index in [9.17, 15) is 14.4 Å². The quantitative estimate of drug-likeness (QED) is 0.744. The summed E-state index contributed by atoms with van der Waals surface area (Å²) < 4.78 is 15.0. The van der Waals surface area contributed by atoms with Crippen LogP contribution in [0.25, 0.3) is 0 Å². The second-order valence-electron chi connectivity index (χ2n) is 5.65. The lowest BCUT2D eigenvalue weighted by Crippen LogP contribution is -2.24. The lowest BCUT2D eigenvalue weighted by Gasteiger charge is -2.18. The van der Waals surface area contributed by atoms with Crippen molar-refractivity contribution in [2.45, 2.75) is 19.4 Å². The Kier molecular flexibility index (Phi) is 5.27. The number of amides is 1. The van der Waals surface area contributed by atoms with Crippen molar-refractivity contribution in [3.05, 3.63) is 52.4 Å². The summed E-state index contributed by atoms with van der Waals surface area (Å²) in [5.41, 5.74) is 0.762. The van der Waals surface area contributed by atoms with Crippen LogP contribution in [0.3, 0.4) is 0 Å². The number of hydrogen-bond donors (Lipinski definition) is 0. The van der Waals surface area contributed by atoms with Crippen molar-refractivity contribution < 1.29 is 28.3 Å². The molecule has 7 nitrogen and oxygen atoms in total. The first-order valence-electron chi connectivity index (χ1n) is 7.93. The number of ether oxygens (including phenoxy) is 2. The van der Waals surface area contributed by atoms with E-state index in [0.717, 1.165) is 6.42 Å². The molecule has 136 valence electrons. The van der Waals surface area contributed by atoms with Gasteiger partial charge in [0.1, 0.15) is 12.4 Å². The Morgan fingerprint density at radius 2 is 2.04 bits per heavy atom. The summed E-state index contributed by atoms with van der Waals surface area (Å²) in [6.07, 6.45) is 1.22. The molecule has 0 spiro atoms. The van der Waals surface area contributed by atoms with Crippen LogP contribution in [0.1, 0.15) is 39.5 Å². The second-order valence-corrected chi connectivity index (χ2v) is 6.06. The van der Waals surface area contributed by atoms with Crippen molar-refractivity contribution >= 4 is 35.1 Å². The van der Waals surface area contributed by atoms with Gasteiger partial charge in [-0.15, -0.1) is 0 Å². The molecule has 1 aromatic carbocycles. The Bertz CT molecular complexity index is 859. The zero-order valence-electron chi connectivity index (χ0n) is 14.0. The number of esters is 2. The molecule has 1 aliphatic heterocycles. The van der Waals surface area contributed by atoms with Crippen LogP contribution in [0.5, 0.6) is 0 Å². The van der Waals surface area contributed by atoms with Gasteiger partial charge < -0.3 is 18.8 Å². The van der Waals surface area contributed by atoms with Crippen molar-refractivity contribution in [2.75, 3.05) is 18.6 Å². The summed E-state index contributed by atoms with van der Waals surface area (Å²) in [4.78, 5) is 37.1. The van der Waals surface area contributed by atoms with Gasteiger partial charge in [0, 0.05) is 13.0 Å². The van der Waals surface area contributed by atoms with Crippen LogP contribution >= 0.6 is 11.6 Å². The van der Waals surface area contributed by atoms with Crippen LogP contribution in [0, 0.1) is 0 Å². The van der Waals surface area contributed by atoms with E-state index in [1.54, 1.807) is 11.0 Å². The summed E-state index contributed by atoms with van der Waals surface area (Å²) in [5, 5.41) is 0.394. The van der Waals surface area contributed by atoms with E-state index in [4.69, 9.17) is 20.8 Å². The van der Waals surface area contributed by atoms with Gasteiger partial charge >= 0.3 is 11.9 Å². The lowest BCUT2D eigenvalue weighted by molar-refractivity contribution is -0.117. The largest absolute Gasteiger partial charge is 0.463 e. The van der Waals surface area contributed by atoms with Crippen LogP contribution < -0.4 is 4.90 Å². The van der Waals surface area contributed by atoms with Gasteiger partial charge in [0.25, 0.3) is 0 Å². The van der Waals surface area contributed by atoms with Crippen molar-refractivity contribution in [3.8, 4) is 0 Å². The molecule has 1 aromatic heterocycles. The monoisotopic (exact) mass is 377 g/mol. The minimum Gasteiger partial charge on any atom is -0.463 e. The molecule has 1 aliphatic rings. The molecule has 0 radical (unpaired) electrons. The molecular formula is C18H16ClNO6. The third kappa shape index (κ3) is 3.72. The van der Waals surface area contributed by atoms with E-state index in [-0.39, 0.29) is 23.8 Å². The van der Waals surface area contributed by atoms with Crippen molar-refractivity contribution in [1.29, 1.82) is 0 Å². The molecule has 0 N–H and O–H groups in total. The zero-order valence-corrected chi connectivity index (χ0v) is 14.7. The summed E-state index contributed by atoms with van der Waals surface area (Å²) in [6.45, 7) is 0.427. The number of benzene rings is 1. The van der Waals surface area contributed by atoms with E-state index in [2.05, 4.69) is 4.74 Å². The van der Waals surface area contributed by atoms with Crippen LogP contribution in [0.15, 0.2) is 34.7 Å². The predicted molar refractivity (Wildman–Crippen MR) is 92.2 cm³/mol. The molecule has 8 heteroatoms. The van der Waals surface area contributed by atoms with Gasteiger partial charge in [0.05, 0.1) is 23.4 Å². The molecule has 2 aromatic rings. The number of anilines is 1. The summed E-state index contributed by atoms with van der Waals surface area (Å²) >= 11 is 6.16. The van der Waals surface area contributed by atoms with Gasteiger partial charge in [-0.3, -0.25) is 4.79 Å². The molecule has 2 heterocycles. The van der Waals surface area contributed by atoms with Gasteiger partial charge in [-0.2, -0.15) is 0 Å². The fraction of sp³-hybridized carbons (Fsp3) is 0.278. The van der Waals surface area contributed by atoms with E-state index in [1.165, 1.54) is 31.4 Å². The van der Waals surface area contributed by atoms with Gasteiger partial charge in [-0.25, -0.2) is 9.59 Å². The van der Waals surface area contributed by atoms with E-state index < -0.39 is 11.9 Å². The number of methoxy groups -OCH3 is 1. The molecule has 1 amide bonds. The highest BCUT2D eigenvalue weighted by Crippen LogP contribution is 2.30. The topological polar surface area (TPSA) is 86.0 Å². The van der Waals surface area contributed by atoms with Crippen molar-refractivity contribution in [3.63, 3.8) is 0 Å². The van der Waals surface area contributed by atoms with Gasteiger partial charge in [0.2, 0.25) is 11.7 Å². The molecule has 3 rings (SSSR count). The normalized spacial score (nSPS) is 13.8. The third-order valence-electron chi connectivity index (χ3n) is 3.94. The van der Waals surface area contributed by atoms with Gasteiger partial charge in [0.15, 0.2) is 0 Å². The molecule has 26 heavy (non-hydrogen) atoms. The Labute approximate surface area is 154 Å². The number of nitrogens with zero attached hydrogens (tertiary/aromatic N) is 1. The number of hydrogen-bond acceptors (Lipinski definition) is 6.